The van der Waals surface area contributed by atoms with Crippen LogP contribution in [-0.4, -0.2) is 31.9 Å². The monoisotopic (exact) mass is 368 g/mol. The third-order valence-corrected chi connectivity index (χ3v) is 4.75. The number of para-hydroxylation sites is 1. The molecule has 0 bridgehead atoms. The van der Waals surface area contributed by atoms with Crippen molar-refractivity contribution in [2.24, 2.45) is 0 Å². The van der Waals surface area contributed by atoms with E-state index in [9.17, 15) is 13.2 Å². The van der Waals surface area contributed by atoms with Gasteiger partial charge in [0.05, 0.1) is 23.5 Å². The van der Waals surface area contributed by atoms with Crippen molar-refractivity contribution in [3.8, 4) is 0 Å². The molecule has 0 radical (unpaired) electrons. The summed E-state index contributed by atoms with van der Waals surface area (Å²) in [5.74, 6) is 0.574. The highest BCUT2D eigenvalue weighted by Crippen LogP contribution is 2.20. The van der Waals surface area contributed by atoms with Crippen LogP contribution >= 0.6 is 11.6 Å². The third-order valence-electron chi connectivity index (χ3n) is 3.16. The number of furan rings is 1. The van der Waals surface area contributed by atoms with Gasteiger partial charge in [0.25, 0.3) is 0 Å². The molecule has 1 aromatic carbocycles. The maximum absolute atomic E-state index is 11.9. The molecule has 0 saturated heterocycles. The zero-order chi connectivity index (χ0) is 17.7. The molecule has 0 atom stereocenters. The Morgan fingerprint density at radius 2 is 2.00 bits per heavy atom. The largest absolute Gasteiger partial charge is 0.460 e. The fourth-order valence-electron chi connectivity index (χ4n) is 1.80. The SMILES string of the molecule is CN(Cc1ccc(/C=C/C(=O)Nc2ccccc2Cl)o1)S(C)(=O)=O. The van der Waals surface area contributed by atoms with Crippen molar-refractivity contribution in [3.05, 3.63) is 59.0 Å². The molecule has 0 aliphatic carbocycles. The second-order valence-electron chi connectivity index (χ2n) is 5.13. The van der Waals surface area contributed by atoms with Crippen molar-refractivity contribution >= 4 is 39.3 Å². The number of nitrogens with zero attached hydrogens (tertiary/aromatic N) is 1. The second-order valence-corrected chi connectivity index (χ2v) is 7.62. The maximum Gasteiger partial charge on any atom is 0.248 e. The summed E-state index contributed by atoms with van der Waals surface area (Å²) in [6.07, 6.45) is 3.93. The minimum atomic E-state index is -3.28. The van der Waals surface area contributed by atoms with E-state index in [2.05, 4.69) is 5.32 Å². The van der Waals surface area contributed by atoms with Gasteiger partial charge in [0.2, 0.25) is 15.9 Å². The second kappa shape index (κ2) is 7.65. The first-order valence-electron chi connectivity index (χ1n) is 6.99. The molecular weight excluding hydrogens is 352 g/mol. The Morgan fingerprint density at radius 1 is 1.29 bits per heavy atom. The van der Waals surface area contributed by atoms with Gasteiger partial charge >= 0.3 is 0 Å². The molecule has 0 spiro atoms. The van der Waals surface area contributed by atoms with Crippen LogP contribution < -0.4 is 5.32 Å². The molecule has 1 N–H and O–H groups in total. The van der Waals surface area contributed by atoms with Gasteiger partial charge in [-0.15, -0.1) is 0 Å². The molecule has 1 heterocycles. The Bertz CT molecular complexity index is 858. The van der Waals surface area contributed by atoms with Gasteiger partial charge in [0.1, 0.15) is 11.5 Å². The highest BCUT2D eigenvalue weighted by atomic mass is 35.5. The van der Waals surface area contributed by atoms with E-state index in [0.29, 0.717) is 22.2 Å². The molecule has 0 fully saturated rings. The van der Waals surface area contributed by atoms with Crippen molar-refractivity contribution in [3.63, 3.8) is 0 Å². The summed E-state index contributed by atoms with van der Waals surface area (Å²) in [6, 6.07) is 10.2. The number of hydrogen-bond acceptors (Lipinski definition) is 4. The molecule has 8 heteroatoms. The fraction of sp³-hybridized carbons (Fsp3) is 0.188. The number of sulfonamides is 1. The number of benzene rings is 1. The molecule has 1 aromatic heterocycles. The first-order chi connectivity index (χ1) is 11.3. The minimum absolute atomic E-state index is 0.124. The van der Waals surface area contributed by atoms with Crippen LogP contribution in [0.4, 0.5) is 5.69 Å². The summed E-state index contributed by atoms with van der Waals surface area (Å²) in [6.45, 7) is 0.124. The van der Waals surface area contributed by atoms with Crippen LogP contribution in [0.5, 0.6) is 0 Å². The third kappa shape index (κ3) is 5.23. The van der Waals surface area contributed by atoms with Crippen molar-refractivity contribution in [1.29, 1.82) is 0 Å². The molecule has 0 saturated carbocycles. The van der Waals surface area contributed by atoms with E-state index >= 15 is 0 Å². The van der Waals surface area contributed by atoms with Crippen LogP contribution in [0, 0.1) is 0 Å². The molecule has 1 amide bonds. The Balaban J connectivity index is 1.97. The van der Waals surface area contributed by atoms with Gasteiger partial charge in [-0.05, 0) is 30.3 Å². The van der Waals surface area contributed by atoms with E-state index in [0.717, 1.165) is 6.26 Å². The zero-order valence-electron chi connectivity index (χ0n) is 13.2. The molecule has 24 heavy (non-hydrogen) atoms. The molecule has 2 rings (SSSR count). The van der Waals surface area contributed by atoms with Gasteiger partial charge in [0, 0.05) is 13.1 Å². The summed E-state index contributed by atoms with van der Waals surface area (Å²) >= 11 is 5.96. The predicted molar refractivity (Wildman–Crippen MR) is 94.1 cm³/mol. The molecular formula is C16H17ClN2O4S. The van der Waals surface area contributed by atoms with E-state index in [4.69, 9.17) is 16.0 Å². The van der Waals surface area contributed by atoms with Crippen molar-refractivity contribution < 1.29 is 17.6 Å². The lowest BCUT2D eigenvalue weighted by molar-refractivity contribution is -0.111. The van der Waals surface area contributed by atoms with Crippen LogP contribution in [0.15, 0.2) is 46.9 Å². The highest BCUT2D eigenvalue weighted by Gasteiger charge is 2.13. The minimum Gasteiger partial charge on any atom is -0.460 e. The highest BCUT2D eigenvalue weighted by molar-refractivity contribution is 7.88. The molecule has 0 aliphatic heterocycles. The Kier molecular flexibility index (Phi) is 5.82. The van der Waals surface area contributed by atoms with Gasteiger partial charge in [-0.25, -0.2) is 8.42 Å². The lowest BCUT2D eigenvalue weighted by Crippen LogP contribution is -2.24. The van der Waals surface area contributed by atoms with Crippen molar-refractivity contribution in [2.75, 3.05) is 18.6 Å². The lowest BCUT2D eigenvalue weighted by atomic mass is 10.3. The Morgan fingerprint density at radius 3 is 2.67 bits per heavy atom. The number of hydrogen-bond donors (Lipinski definition) is 1. The average molecular weight is 369 g/mol. The van der Waals surface area contributed by atoms with Crippen LogP contribution in [0.1, 0.15) is 11.5 Å². The quantitative estimate of drug-likeness (QED) is 0.795. The topological polar surface area (TPSA) is 79.6 Å². The number of carbonyl (C=O) groups excluding carboxylic acids is 1. The normalized spacial score (nSPS) is 12.0. The van der Waals surface area contributed by atoms with Gasteiger partial charge < -0.3 is 9.73 Å². The number of anilines is 1. The van der Waals surface area contributed by atoms with E-state index in [1.54, 1.807) is 36.4 Å². The number of carbonyl (C=O) groups is 1. The predicted octanol–water partition coefficient (Wildman–Crippen LogP) is 2.98. The van der Waals surface area contributed by atoms with Gasteiger partial charge in [-0.3, -0.25) is 4.79 Å². The van der Waals surface area contributed by atoms with E-state index < -0.39 is 10.0 Å². The van der Waals surface area contributed by atoms with Crippen LogP contribution in [0.25, 0.3) is 6.08 Å². The smallest absolute Gasteiger partial charge is 0.248 e. The van der Waals surface area contributed by atoms with E-state index in [-0.39, 0.29) is 12.5 Å². The first kappa shape index (κ1) is 18.3. The average Bonchev–Trinajstić information content (AvgIpc) is 2.94. The van der Waals surface area contributed by atoms with Gasteiger partial charge in [-0.1, -0.05) is 23.7 Å². The molecule has 128 valence electrons. The summed E-state index contributed by atoms with van der Waals surface area (Å²) in [7, 11) is -1.81. The number of amides is 1. The number of halogens is 1. The van der Waals surface area contributed by atoms with E-state index in [1.807, 2.05) is 0 Å². The van der Waals surface area contributed by atoms with Crippen LogP contribution in [-0.2, 0) is 21.4 Å². The number of nitrogens with one attached hydrogen (secondary N) is 1. The van der Waals surface area contributed by atoms with Crippen molar-refractivity contribution in [2.45, 2.75) is 6.54 Å². The maximum atomic E-state index is 11.9. The van der Waals surface area contributed by atoms with Crippen LogP contribution in [0.3, 0.4) is 0 Å². The lowest BCUT2D eigenvalue weighted by Gasteiger charge is -2.11. The Hall–Kier alpha value is -2.09. The number of rotatable bonds is 6. The van der Waals surface area contributed by atoms with Gasteiger partial charge in [0.15, 0.2) is 0 Å². The van der Waals surface area contributed by atoms with Gasteiger partial charge in [-0.2, -0.15) is 4.31 Å². The fourth-order valence-corrected chi connectivity index (χ4v) is 2.35. The molecule has 0 aliphatic rings. The zero-order valence-corrected chi connectivity index (χ0v) is 14.8. The van der Waals surface area contributed by atoms with E-state index in [1.165, 1.54) is 23.5 Å². The summed E-state index contributed by atoms with van der Waals surface area (Å²) < 4.78 is 29.4. The molecule has 2 aromatic rings. The first-order valence-corrected chi connectivity index (χ1v) is 9.22. The summed E-state index contributed by atoms with van der Waals surface area (Å²) in [5.41, 5.74) is 0.517. The summed E-state index contributed by atoms with van der Waals surface area (Å²) in [5, 5.41) is 3.10. The standard InChI is InChI=1S/C16H17ClN2O4S/c1-19(24(2,21)22)11-13-8-7-12(23-13)9-10-16(20)18-15-6-4-3-5-14(15)17/h3-10H,11H2,1-2H3,(H,18,20)/b10-9+. The Labute approximate surface area is 145 Å². The summed E-state index contributed by atoms with van der Waals surface area (Å²) in [4.78, 5) is 11.9. The van der Waals surface area contributed by atoms with Crippen LogP contribution in [0.2, 0.25) is 5.02 Å². The molecule has 6 nitrogen and oxygen atoms in total. The molecule has 0 unspecified atom stereocenters. The van der Waals surface area contributed by atoms with Crippen molar-refractivity contribution in [1.82, 2.24) is 4.31 Å².